The molecule has 3 heterocycles. The maximum Gasteiger partial charge on any atom is 0.244 e. The second-order valence-electron chi connectivity index (χ2n) is 8.37. The molecule has 1 spiro atoms. The van der Waals surface area contributed by atoms with Gasteiger partial charge < -0.3 is 15.1 Å². The summed E-state index contributed by atoms with van der Waals surface area (Å²) >= 11 is 5.66. The van der Waals surface area contributed by atoms with Gasteiger partial charge in [0, 0.05) is 31.9 Å². The third-order valence-electron chi connectivity index (χ3n) is 6.06. The number of rotatable bonds is 3. The summed E-state index contributed by atoms with van der Waals surface area (Å²) in [6.45, 7) is 7.87. The Morgan fingerprint density at radius 2 is 1.76 bits per heavy atom. The SMILES string of the molecule is Cc1cc(C)cc(NC(=S)N2CCC3(CCN(C(=O)Cn4cnnn4)C3)CC2)c1. The molecule has 154 valence electrons. The zero-order valence-corrected chi connectivity index (χ0v) is 17.8. The van der Waals surface area contributed by atoms with Crippen LogP contribution in [0, 0.1) is 19.3 Å². The summed E-state index contributed by atoms with van der Waals surface area (Å²) in [4.78, 5) is 16.8. The van der Waals surface area contributed by atoms with Gasteiger partial charge in [-0.1, -0.05) is 6.07 Å². The zero-order chi connectivity index (χ0) is 20.4. The number of likely N-dealkylation sites (tertiary alicyclic amines) is 2. The maximum absolute atomic E-state index is 12.5. The van der Waals surface area contributed by atoms with Gasteiger partial charge in [0.05, 0.1) is 0 Å². The molecule has 0 saturated carbocycles. The Morgan fingerprint density at radius 3 is 2.38 bits per heavy atom. The number of carbonyl (C=O) groups is 1. The summed E-state index contributed by atoms with van der Waals surface area (Å²) in [5.41, 5.74) is 3.71. The van der Waals surface area contributed by atoms with Crippen LogP contribution in [-0.4, -0.2) is 67.2 Å². The van der Waals surface area contributed by atoms with E-state index in [1.807, 2.05) is 4.90 Å². The van der Waals surface area contributed by atoms with Gasteiger partial charge >= 0.3 is 0 Å². The molecule has 4 rings (SSSR count). The molecule has 29 heavy (non-hydrogen) atoms. The lowest BCUT2D eigenvalue weighted by Gasteiger charge is -2.40. The predicted molar refractivity (Wildman–Crippen MR) is 114 cm³/mol. The lowest BCUT2D eigenvalue weighted by Crippen LogP contribution is -2.46. The maximum atomic E-state index is 12.5. The minimum atomic E-state index is 0.0867. The van der Waals surface area contributed by atoms with Crippen LogP contribution in [0.25, 0.3) is 0 Å². The number of nitrogens with zero attached hydrogens (tertiary/aromatic N) is 6. The predicted octanol–water partition coefficient (Wildman–Crippen LogP) is 2.00. The topological polar surface area (TPSA) is 79.2 Å². The Hall–Kier alpha value is -2.55. The van der Waals surface area contributed by atoms with Crippen molar-refractivity contribution in [3.63, 3.8) is 0 Å². The lowest BCUT2D eigenvalue weighted by atomic mass is 9.78. The molecule has 9 heteroatoms. The minimum absolute atomic E-state index is 0.0867. The first kappa shape index (κ1) is 19.8. The number of benzene rings is 1. The van der Waals surface area contributed by atoms with Crippen LogP contribution in [0.15, 0.2) is 24.5 Å². The van der Waals surface area contributed by atoms with Crippen molar-refractivity contribution in [2.75, 3.05) is 31.5 Å². The number of carbonyl (C=O) groups excluding carboxylic acids is 1. The molecular weight excluding hydrogens is 386 g/mol. The molecule has 2 aliphatic rings. The number of anilines is 1. The number of nitrogens with one attached hydrogen (secondary N) is 1. The highest BCUT2D eigenvalue weighted by Crippen LogP contribution is 2.40. The van der Waals surface area contributed by atoms with Crippen LogP contribution < -0.4 is 5.32 Å². The fourth-order valence-corrected chi connectivity index (χ4v) is 4.78. The molecule has 1 aromatic heterocycles. The first-order chi connectivity index (χ1) is 13.9. The highest BCUT2D eigenvalue weighted by atomic mass is 32.1. The van der Waals surface area contributed by atoms with Crippen molar-refractivity contribution in [1.29, 1.82) is 0 Å². The Bertz CT molecular complexity index is 870. The van der Waals surface area contributed by atoms with E-state index in [1.54, 1.807) is 0 Å². The average Bonchev–Trinajstić information content (AvgIpc) is 3.32. The van der Waals surface area contributed by atoms with Gasteiger partial charge in [0.2, 0.25) is 5.91 Å². The summed E-state index contributed by atoms with van der Waals surface area (Å²) in [7, 11) is 0. The van der Waals surface area contributed by atoms with Crippen molar-refractivity contribution in [3.05, 3.63) is 35.7 Å². The largest absolute Gasteiger partial charge is 0.349 e. The fourth-order valence-electron chi connectivity index (χ4n) is 4.48. The molecule has 0 aliphatic carbocycles. The number of piperidine rings is 1. The van der Waals surface area contributed by atoms with Crippen LogP contribution in [0.4, 0.5) is 5.69 Å². The molecule has 0 bridgehead atoms. The van der Waals surface area contributed by atoms with Gasteiger partial charge in [-0.3, -0.25) is 4.79 Å². The summed E-state index contributed by atoms with van der Waals surface area (Å²) in [5.74, 6) is 0.0867. The summed E-state index contributed by atoms with van der Waals surface area (Å²) in [6.07, 6.45) is 4.64. The standard InChI is InChI=1S/C20H27N7OS/c1-15-9-16(2)11-17(10-15)22-19(29)25-6-3-20(4-7-25)5-8-26(13-20)18(28)12-27-14-21-23-24-27/h9-11,14H,3-8,12-13H2,1-2H3,(H,22,29). The molecule has 1 N–H and O–H groups in total. The van der Waals surface area contributed by atoms with Crippen LogP contribution in [0.2, 0.25) is 0 Å². The molecule has 1 aromatic carbocycles. The van der Waals surface area contributed by atoms with E-state index in [0.29, 0.717) is 0 Å². The number of aryl methyl sites for hydroxylation is 2. The molecule has 1 amide bonds. The van der Waals surface area contributed by atoms with Gasteiger partial charge in [0.25, 0.3) is 0 Å². The van der Waals surface area contributed by atoms with Crippen LogP contribution >= 0.6 is 12.2 Å². The van der Waals surface area contributed by atoms with Gasteiger partial charge in [-0.05, 0) is 84.4 Å². The average molecular weight is 414 g/mol. The third kappa shape index (κ3) is 4.55. The number of hydrogen-bond acceptors (Lipinski definition) is 5. The summed E-state index contributed by atoms with van der Waals surface area (Å²) in [5, 5.41) is 15.1. The molecule has 2 aliphatic heterocycles. The third-order valence-corrected chi connectivity index (χ3v) is 6.42. The van der Waals surface area contributed by atoms with Gasteiger partial charge in [0.1, 0.15) is 12.9 Å². The number of thiocarbonyl (C=S) groups is 1. The first-order valence-corrected chi connectivity index (χ1v) is 10.5. The molecule has 0 radical (unpaired) electrons. The molecule has 0 atom stereocenters. The molecule has 8 nitrogen and oxygen atoms in total. The minimum Gasteiger partial charge on any atom is -0.349 e. The number of aromatic nitrogens is 4. The molecule has 0 unspecified atom stereocenters. The van der Waals surface area contributed by atoms with E-state index in [9.17, 15) is 4.79 Å². The van der Waals surface area contributed by atoms with Crippen molar-refractivity contribution >= 4 is 28.9 Å². The highest BCUT2D eigenvalue weighted by molar-refractivity contribution is 7.80. The normalized spacial score (nSPS) is 18.3. The smallest absolute Gasteiger partial charge is 0.244 e. The highest BCUT2D eigenvalue weighted by Gasteiger charge is 2.42. The van der Waals surface area contributed by atoms with Gasteiger partial charge in [-0.25, -0.2) is 4.68 Å². The van der Waals surface area contributed by atoms with Crippen LogP contribution in [0.3, 0.4) is 0 Å². The lowest BCUT2D eigenvalue weighted by molar-refractivity contribution is -0.131. The Kier molecular flexibility index (Phi) is 5.49. The van der Waals surface area contributed by atoms with Crippen molar-refractivity contribution < 1.29 is 4.79 Å². The Labute approximate surface area is 176 Å². The van der Waals surface area contributed by atoms with E-state index < -0.39 is 0 Å². The van der Waals surface area contributed by atoms with Crippen LogP contribution in [0.1, 0.15) is 30.4 Å². The van der Waals surface area contributed by atoms with Gasteiger partial charge in [-0.15, -0.1) is 5.10 Å². The summed E-state index contributed by atoms with van der Waals surface area (Å²) < 4.78 is 1.48. The fraction of sp³-hybridized carbons (Fsp3) is 0.550. The van der Waals surface area contributed by atoms with Crippen molar-refractivity contribution in [2.24, 2.45) is 5.41 Å². The van der Waals surface area contributed by atoms with E-state index in [0.717, 1.165) is 56.2 Å². The zero-order valence-electron chi connectivity index (χ0n) is 17.0. The molecule has 2 aromatic rings. The van der Waals surface area contributed by atoms with E-state index in [-0.39, 0.29) is 17.9 Å². The number of tetrazole rings is 1. The second kappa shape index (κ2) is 8.06. The summed E-state index contributed by atoms with van der Waals surface area (Å²) in [6, 6.07) is 6.40. The second-order valence-corrected chi connectivity index (χ2v) is 8.75. The first-order valence-electron chi connectivity index (χ1n) is 10.1. The van der Waals surface area contributed by atoms with E-state index in [4.69, 9.17) is 12.2 Å². The van der Waals surface area contributed by atoms with E-state index in [2.05, 4.69) is 57.8 Å². The van der Waals surface area contributed by atoms with Crippen molar-refractivity contribution in [1.82, 2.24) is 30.0 Å². The van der Waals surface area contributed by atoms with Crippen molar-refractivity contribution in [3.8, 4) is 0 Å². The van der Waals surface area contributed by atoms with Crippen LogP contribution in [-0.2, 0) is 11.3 Å². The quantitative estimate of drug-likeness (QED) is 0.771. The van der Waals surface area contributed by atoms with Gasteiger partial charge in [0.15, 0.2) is 5.11 Å². The molecular formula is C20H27N7OS. The monoisotopic (exact) mass is 413 g/mol. The number of hydrogen-bond donors (Lipinski definition) is 1. The molecule has 2 saturated heterocycles. The van der Waals surface area contributed by atoms with Crippen LogP contribution in [0.5, 0.6) is 0 Å². The Balaban J connectivity index is 1.29. The van der Waals surface area contributed by atoms with E-state index >= 15 is 0 Å². The Morgan fingerprint density at radius 1 is 1.10 bits per heavy atom. The number of amides is 1. The molecule has 2 fully saturated rings. The van der Waals surface area contributed by atoms with Gasteiger partial charge in [-0.2, -0.15) is 0 Å². The van der Waals surface area contributed by atoms with Crippen molar-refractivity contribution in [2.45, 2.75) is 39.7 Å². The van der Waals surface area contributed by atoms with E-state index in [1.165, 1.54) is 22.1 Å².